The van der Waals surface area contributed by atoms with E-state index in [0.29, 0.717) is 5.92 Å². The van der Waals surface area contributed by atoms with Crippen molar-refractivity contribution < 1.29 is 22.7 Å². The van der Waals surface area contributed by atoms with E-state index in [-0.39, 0.29) is 17.0 Å². The maximum atomic E-state index is 14.8. The first kappa shape index (κ1) is 23.6. The number of hydrogen-bond acceptors (Lipinski definition) is 2. The van der Waals surface area contributed by atoms with Crippen LogP contribution in [-0.2, 0) is 0 Å². The van der Waals surface area contributed by atoms with Crippen molar-refractivity contribution in [2.45, 2.75) is 64.2 Å². The van der Waals surface area contributed by atoms with Gasteiger partial charge in [-0.1, -0.05) is 24.6 Å². The SMILES string of the molecule is C=CCCC1CCC2CC(c3ccc(C(=O)Oc4ccc(C)c(F)c4F)c(F)c3)CCC2C1. The molecule has 5 heteroatoms. The number of fused-ring (bicyclic) bond motifs is 1. The number of benzene rings is 2. The van der Waals surface area contributed by atoms with Gasteiger partial charge >= 0.3 is 5.97 Å². The average Bonchev–Trinajstić information content (AvgIpc) is 2.82. The van der Waals surface area contributed by atoms with Crippen LogP contribution >= 0.6 is 0 Å². The quantitative estimate of drug-likeness (QED) is 0.251. The Morgan fingerprint density at radius 1 is 1.03 bits per heavy atom. The smallest absolute Gasteiger partial charge is 0.346 e. The highest BCUT2D eigenvalue weighted by molar-refractivity contribution is 5.91. The Balaban J connectivity index is 1.40. The molecule has 2 aromatic carbocycles. The number of hydrogen-bond donors (Lipinski definition) is 0. The average molecular weight is 457 g/mol. The van der Waals surface area contributed by atoms with E-state index in [1.54, 1.807) is 6.07 Å². The van der Waals surface area contributed by atoms with E-state index in [1.807, 2.05) is 6.08 Å². The van der Waals surface area contributed by atoms with Gasteiger partial charge in [0.05, 0.1) is 5.56 Å². The van der Waals surface area contributed by atoms with Gasteiger partial charge in [0.2, 0.25) is 5.82 Å². The van der Waals surface area contributed by atoms with Crippen LogP contribution in [0.25, 0.3) is 0 Å². The monoisotopic (exact) mass is 456 g/mol. The summed E-state index contributed by atoms with van der Waals surface area (Å²) >= 11 is 0. The minimum Gasteiger partial charge on any atom is -0.420 e. The van der Waals surface area contributed by atoms with Crippen molar-refractivity contribution in [1.82, 2.24) is 0 Å². The van der Waals surface area contributed by atoms with Crippen LogP contribution in [0.5, 0.6) is 5.75 Å². The number of esters is 1. The molecule has 0 aromatic heterocycles. The first-order valence-corrected chi connectivity index (χ1v) is 11.9. The second-order valence-corrected chi connectivity index (χ2v) is 9.71. The number of ether oxygens (including phenoxy) is 1. The molecule has 176 valence electrons. The van der Waals surface area contributed by atoms with Crippen molar-refractivity contribution in [3.05, 3.63) is 77.1 Å². The molecule has 0 N–H and O–H groups in total. The van der Waals surface area contributed by atoms with E-state index in [9.17, 15) is 18.0 Å². The number of carbonyl (C=O) groups excluding carboxylic acids is 1. The van der Waals surface area contributed by atoms with E-state index >= 15 is 0 Å². The molecule has 2 aromatic rings. The van der Waals surface area contributed by atoms with Gasteiger partial charge in [-0.2, -0.15) is 4.39 Å². The summed E-state index contributed by atoms with van der Waals surface area (Å²) in [6, 6.07) is 7.05. The molecule has 0 spiro atoms. The molecule has 0 heterocycles. The molecule has 2 saturated carbocycles. The van der Waals surface area contributed by atoms with Crippen LogP contribution < -0.4 is 4.74 Å². The molecular formula is C28H31F3O2. The van der Waals surface area contributed by atoms with Crippen molar-refractivity contribution in [2.75, 3.05) is 0 Å². The molecular weight excluding hydrogens is 425 g/mol. The second-order valence-electron chi connectivity index (χ2n) is 9.71. The van der Waals surface area contributed by atoms with E-state index in [2.05, 4.69) is 6.58 Å². The highest BCUT2D eigenvalue weighted by Crippen LogP contribution is 2.48. The largest absolute Gasteiger partial charge is 0.420 e. The van der Waals surface area contributed by atoms with Crippen LogP contribution in [0.3, 0.4) is 0 Å². The van der Waals surface area contributed by atoms with Gasteiger partial charge in [-0.05, 0) is 105 Å². The van der Waals surface area contributed by atoms with Crippen LogP contribution in [0, 0.1) is 42.1 Å². The van der Waals surface area contributed by atoms with Gasteiger partial charge in [0.1, 0.15) is 5.82 Å². The van der Waals surface area contributed by atoms with E-state index in [4.69, 9.17) is 4.74 Å². The van der Waals surface area contributed by atoms with Gasteiger partial charge in [-0.3, -0.25) is 0 Å². The molecule has 0 aliphatic heterocycles. The molecule has 4 atom stereocenters. The van der Waals surface area contributed by atoms with Crippen molar-refractivity contribution in [1.29, 1.82) is 0 Å². The van der Waals surface area contributed by atoms with Crippen LogP contribution in [0.1, 0.15) is 78.8 Å². The fourth-order valence-corrected chi connectivity index (χ4v) is 5.72. The maximum absolute atomic E-state index is 14.8. The summed E-state index contributed by atoms with van der Waals surface area (Å²) < 4.78 is 47.5. The predicted molar refractivity (Wildman–Crippen MR) is 123 cm³/mol. The Bertz CT molecular complexity index is 1030. The highest BCUT2D eigenvalue weighted by Gasteiger charge is 2.36. The fraction of sp³-hybridized carbons (Fsp3) is 0.464. The lowest BCUT2D eigenvalue weighted by Gasteiger charge is -2.42. The molecule has 0 amide bonds. The summed E-state index contributed by atoms with van der Waals surface area (Å²) in [5.41, 5.74) is 0.710. The zero-order valence-electron chi connectivity index (χ0n) is 19.1. The van der Waals surface area contributed by atoms with Crippen molar-refractivity contribution >= 4 is 5.97 Å². The molecule has 0 radical (unpaired) electrons. The molecule has 2 aliphatic rings. The number of carbonyl (C=O) groups is 1. The van der Waals surface area contributed by atoms with Crippen LogP contribution in [0.2, 0.25) is 0 Å². The maximum Gasteiger partial charge on any atom is 0.346 e. The lowest BCUT2D eigenvalue weighted by Crippen LogP contribution is -2.30. The van der Waals surface area contributed by atoms with E-state index < -0.39 is 29.2 Å². The number of halogens is 3. The summed E-state index contributed by atoms with van der Waals surface area (Å²) in [6.07, 6.45) is 11.3. The third-order valence-corrected chi connectivity index (χ3v) is 7.63. The van der Waals surface area contributed by atoms with Gasteiger partial charge in [0.15, 0.2) is 11.6 Å². The first-order valence-electron chi connectivity index (χ1n) is 11.9. The predicted octanol–water partition coefficient (Wildman–Crippen LogP) is 7.90. The lowest BCUT2D eigenvalue weighted by atomic mass is 9.63. The third-order valence-electron chi connectivity index (χ3n) is 7.63. The second kappa shape index (κ2) is 10.1. The summed E-state index contributed by atoms with van der Waals surface area (Å²) in [5, 5.41) is 0. The zero-order chi connectivity index (χ0) is 23.5. The van der Waals surface area contributed by atoms with Crippen molar-refractivity contribution in [2.24, 2.45) is 17.8 Å². The normalized spacial score (nSPS) is 24.7. The van der Waals surface area contributed by atoms with E-state index in [0.717, 1.165) is 43.1 Å². The molecule has 4 rings (SSSR count). The molecule has 2 aliphatic carbocycles. The molecule has 0 saturated heterocycles. The van der Waals surface area contributed by atoms with Crippen LogP contribution in [-0.4, -0.2) is 5.97 Å². The Hall–Kier alpha value is -2.56. The first-order chi connectivity index (χ1) is 15.9. The van der Waals surface area contributed by atoms with Gasteiger partial charge in [0.25, 0.3) is 0 Å². The van der Waals surface area contributed by atoms with Gasteiger partial charge < -0.3 is 4.74 Å². The number of aryl methyl sites for hydroxylation is 1. The van der Waals surface area contributed by atoms with Crippen molar-refractivity contribution in [3.63, 3.8) is 0 Å². The summed E-state index contributed by atoms with van der Waals surface area (Å²) in [5.74, 6) is -2.10. The van der Waals surface area contributed by atoms with Crippen molar-refractivity contribution in [3.8, 4) is 5.75 Å². The van der Waals surface area contributed by atoms with Crippen LogP contribution in [0.15, 0.2) is 43.0 Å². The zero-order valence-corrected chi connectivity index (χ0v) is 19.1. The number of allylic oxidation sites excluding steroid dienone is 1. The lowest BCUT2D eigenvalue weighted by molar-refractivity contribution is 0.0721. The Morgan fingerprint density at radius 2 is 1.79 bits per heavy atom. The molecule has 2 fully saturated rings. The summed E-state index contributed by atoms with van der Waals surface area (Å²) in [7, 11) is 0. The number of rotatable bonds is 6. The topological polar surface area (TPSA) is 26.3 Å². The van der Waals surface area contributed by atoms with Crippen LogP contribution in [0.4, 0.5) is 13.2 Å². The van der Waals surface area contributed by atoms with Gasteiger partial charge in [-0.15, -0.1) is 6.58 Å². The Labute approximate surface area is 193 Å². The minimum absolute atomic E-state index is 0.0998. The van der Waals surface area contributed by atoms with Gasteiger partial charge in [0, 0.05) is 0 Å². The summed E-state index contributed by atoms with van der Waals surface area (Å²) in [6.45, 7) is 5.24. The molecule has 33 heavy (non-hydrogen) atoms. The molecule has 0 bridgehead atoms. The highest BCUT2D eigenvalue weighted by atomic mass is 19.2. The van der Waals surface area contributed by atoms with Gasteiger partial charge in [-0.25, -0.2) is 13.6 Å². The van der Waals surface area contributed by atoms with E-state index in [1.165, 1.54) is 56.9 Å². The standard InChI is InChI=1S/C28H31F3O2/c1-3-4-5-18-7-8-20-15-21(10-9-19(20)14-18)22-11-12-23(24(29)16-22)28(32)33-25-13-6-17(2)26(30)27(25)31/h3,6,11-13,16,18-21H,1,4-5,7-10,14-15H2,2H3. The minimum atomic E-state index is -1.25. The third kappa shape index (κ3) is 5.18. The fourth-order valence-electron chi connectivity index (χ4n) is 5.72. The summed E-state index contributed by atoms with van der Waals surface area (Å²) in [4.78, 5) is 12.4. The Kier molecular flexibility index (Phi) is 7.26. The molecule has 4 unspecified atom stereocenters. The molecule has 2 nitrogen and oxygen atoms in total. The Morgan fingerprint density at radius 3 is 2.55 bits per heavy atom.